The van der Waals surface area contributed by atoms with Gasteiger partial charge in [0.15, 0.2) is 0 Å². The maximum absolute atomic E-state index is 13.9. The molecule has 0 saturated heterocycles. The summed E-state index contributed by atoms with van der Waals surface area (Å²) in [5.74, 6) is -0.397. The summed E-state index contributed by atoms with van der Waals surface area (Å²) in [6, 6.07) is 18.9. The van der Waals surface area contributed by atoms with Crippen LogP contribution in [0.5, 0.6) is 5.75 Å². The van der Waals surface area contributed by atoms with Crippen molar-refractivity contribution in [1.82, 2.24) is 0 Å². The highest BCUT2D eigenvalue weighted by Gasteiger charge is 2.31. The number of carboxylic acid groups (broad SMARTS) is 1. The molecular formula is C28H32ClN3O5S. The van der Waals surface area contributed by atoms with Gasteiger partial charge in [-0.05, 0) is 67.6 Å². The zero-order valence-electron chi connectivity index (χ0n) is 21.4. The maximum atomic E-state index is 13.9. The maximum Gasteiger partial charge on any atom is 0.303 e. The Morgan fingerprint density at radius 2 is 1.79 bits per heavy atom. The highest BCUT2D eigenvalue weighted by Crippen LogP contribution is 2.34. The third kappa shape index (κ3) is 7.79. The van der Waals surface area contributed by atoms with Gasteiger partial charge in [-0.2, -0.15) is 5.11 Å². The molecule has 0 bridgehead atoms. The standard InChI is InChI=1S/C28H32ClN3O5S/c1-20-16-24(18-25(17-20)37-15-14-22-10-12-23(13-11-22)19-31-30)32(21(2)6-5-9-28(33)34)38(35,36)27-8-4-3-7-26(27)29/h3-4,7-8,10-13,16-18,21,30H,5-6,9,14-15,19H2,1-2H3,(H,33,34). The molecule has 0 fully saturated rings. The van der Waals surface area contributed by atoms with Crippen LogP contribution in [0.15, 0.2) is 76.7 Å². The second-order valence-corrected chi connectivity index (χ2v) is 11.3. The van der Waals surface area contributed by atoms with E-state index in [0.29, 0.717) is 43.9 Å². The molecule has 1 unspecified atom stereocenters. The number of benzene rings is 3. The van der Waals surface area contributed by atoms with Crippen LogP contribution < -0.4 is 9.04 Å². The van der Waals surface area contributed by atoms with E-state index >= 15 is 0 Å². The molecule has 0 aliphatic rings. The Bertz CT molecular complexity index is 1360. The molecule has 0 amide bonds. The SMILES string of the molecule is Cc1cc(OCCc2ccc(CN=N)cc2)cc(N(C(C)CCCC(=O)O)S(=O)(=O)c2ccccc2Cl)c1. The van der Waals surface area contributed by atoms with E-state index in [9.17, 15) is 13.2 Å². The van der Waals surface area contributed by atoms with Crippen molar-refractivity contribution < 1.29 is 23.1 Å². The number of nitrogens with zero attached hydrogens (tertiary/aromatic N) is 2. The summed E-state index contributed by atoms with van der Waals surface area (Å²) in [6.07, 6.45) is 1.28. The highest BCUT2D eigenvalue weighted by atomic mass is 35.5. The Hall–Kier alpha value is -3.43. The predicted molar refractivity (Wildman–Crippen MR) is 148 cm³/mol. The number of hydrogen-bond donors (Lipinski definition) is 2. The van der Waals surface area contributed by atoms with Crippen LogP contribution in [-0.2, 0) is 27.8 Å². The quantitative estimate of drug-likeness (QED) is 0.215. The van der Waals surface area contributed by atoms with Crippen LogP contribution in [0.25, 0.3) is 0 Å². The molecule has 8 nitrogen and oxygen atoms in total. The first kappa shape index (κ1) is 29.1. The molecule has 0 radical (unpaired) electrons. The van der Waals surface area contributed by atoms with E-state index in [2.05, 4.69) is 5.11 Å². The van der Waals surface area contributed by atoms with E-state index in [1.807, 2.05) is 37.3 Å². The second-order valence-electron chi connectivity index (χ2n) is 9.10. The van der Waals surface area contributed by atoms with E-state index in [1.54, 1.807) is 31.2 Å². The van der Waals surface area contributed by atoms with Crippen molar-refractivity contribution in [2.24, 2.45) is 5.11 Å². The Labute approximate surface area is 228 Å². The lowest BCUT2D eigenvalue weighted by Gasteiger charge is -2.31. The first-order valence-corrected chi connectivity index (χ1v) is 14.1. The molecule has 3 rings (SSSR count). The number of nitrogens with one attached hydrogen (secondary N) is 1. The zero-order chi connectivity index (χ0) is 27.7. The third-order valence-corrected chi connectivity index (χ3v) is 8.46. The third-order valence-electron chi connectivity index (χ3n) is 6.02. The molecule has 2 N–H and O–H groups in total. The molecule has 0 aliphatic carbocycles. The molecular weight excluding hydrogens is 526 g/mol. The predicted octanol–water partition coefficient (Wildman–Crippen LogP) is 6.64. The molecule has 202 valence electrons. The minimum atomic E-state index is -4.06. The minimum Gasteiger partial charge on any atom is -0.493 e. The van der Waals surface area contributed by atoms with Crippen LogP contribution in [0.2, 0.25) is 5.02 Å². The van der Waals surface area contributed by atoms with Crippen LogP contribution in [0.1, 0.15) is 42.9 Å². The van der Waals surface area contributed by atoms with Crippen molar-refractivity contribution in [3.8, 4) is 5.75 Å². The van der Waals surface area contributed by atoms with Gasteiger partial charge in [-0.3, -0.25) is 9.10 Å². The Balaban J connectivity index is 1.87. The summed E-state index contributed by atoms with van der Waals surface area (Å²) < 4.78 is 35.0. The summed E-state index contributed by atoms with van der Waals surface area (Å²) in [5, 5.41) is 12.6. The summed E-state index contributed by atoms with van der Waals surface area (Å²) in [4.78, 5) is 11.0. The van der Waals surface area contributed by atoms with E-state index in [-0.39, 0.29) is 16.3 Å². The molecule has 1 atom stereocenters. The summed E-state index contributed by atoms with van der Waals surface area (Å²) >= 11 is 6.28. The van der Waals surface area contributed by atoms with E-state index < -0.39 is 22.0 Å². The number of anilines is 1. The van der Waals surface area contributed by atoms with Crippen molar-refractivity contribution >= 4 is 33.3 Å². The summed E-state index contributed by atoms with van der Waals surface area (Å²) in [6.45, 7) is 4.36. The van der Waals surface area contributed by atoms with Gasteiger partial charge in [-0.1, -0.05) is 48.0 Å². The molecule has 0 heterocycles. The summed E-state index contributed by atoms with van der Waals surface area (Å²) in [5.41, 5.74) is 10.2. The van der Waals surface area contributed by atoms with Gasteiger partial charge in [-0.15, -0.1) is 0 Å². The van der Waals surface area contributed by atoms with Crippen molar-refractivity contribution in [3.05, 3.63) is 88.4 Å². The van der Waals surface area contributed by atoms with Crippen molar-refractivity contribution in [3.63, 3.8) is 0 Å². The Morgan fingerprint density at radius 3 is 2.45 bits per heavy atom. The molecule has 0 aliphatic heterocycles. The monoisotopic (exact) mass is 557 g/mol. The number of halogens is 1. The van der Waals surface area contributed by atoms with Gasteiger partial charge in [0.25, 0.3) is 10.0 Å². The zero-order valence-corrected chi connectivity index (χ0v) is 23.0. The summed E-state index contributed by atoms with van der Waals surface area (Å²) in [7, 11) is -4.06. The molecule has 0 aromatic heterocycles. The van der Waals surface area contributed by atoms with Crippen molar-refractivity contribution in [1.29, 1.82) is 5.53 Å². The van der Waals surface area contributed by atoms with E-state index in [1.165, 1.54) is 16.4 Å². The number of hydrogen-bond acceptors (Lipinski definition) is 6. The fraction of sp³-hybridized carbons (Fsp3) is 0.321. The van der Waals surface area contributed by atoms with E-state index in [4.69, 9.17) is 27.0 Å². The fourth-order valence-corrected chi connectivity index (χ4v) is 6.35. The lowest BCUT2D eigenvalue weighted by atomic mass is 10.1. The minimum absolute atomic E-state index is 0.0163. The van der Waals surface area contributed by atoms with Gasteiger partial charge in [0.05, 0.1) is 23.9 Å². The number of ether oxygens (including phenoxy) is 1. The smallest absolute Gasteiger partial charge is 0.303 e. The molecule has 3 aromatic carbocycles. The normalized spacial score (nSPS) is 12.1. The van der Waals surface area contributed by atoms with Gasteiger partial charge in [0.1, 0.15) is 10.6 Å². The number of rotatable bonds is 14. The lowest BCUT2D eigenvalue weighted by Crippen LogP contribution is -2.39. The number of carbonyl (C=O) groups is 1. The van der Waals surface area contributed by atoms with Crippen molar-refractivity contribution in [2.45, 2.75) is 57.0 Å². The van der Waals surface area contributed by atoms with Gasteiger partial charge in [0.2, 0.25) is 0 Å². The van der Waals surface area contributed by atoms with Crippen LogP contribution in [0.4, 0.5) is 5.69 Å². The van der Waals surface area contributed by atoms with Gasteiger partial charge < -0.3 is 9.84 Å². The number of aryl methyl sites for hydroxylation is 1. The highest BCUT2D eigenvalue weighted by molar-refractivity contribution is 7.93. The fourth-order valence-electron chi connectivity index (χ4n) is 4.18. The largest absolute Gasteiger partial charge is 0.493 e. The molecule has 38 heavy (non-hydrogen) atoms. The van der Waals surface area contributed by atoms with Gasteiger partial charge in [-0.25, -0.2) is 13.9 Å². The average Bonchev–Trinajstić information content (AvgIpc) is 2.85. The van der Waals surface area contributed by atoms with Crippen LogP contribution in [0.3, 0.4) is 0 Å². The number of carboxylic acids is 1. The Kier molecular flexibility index (Phi) is 10.3. The first-order chi connectivity index (χ1) is 18.1. The first-order valence-electron chi connectivity index (χ1n) is 12.3. The second kappa shape index (κ2) is 13.4. The van der Waals surface area contributed by atoms with Crippen LogP contribution in [0, 0.1) is 12.5 Å². The average molecular weight is 558 g/mol. The van der Waals surface area contributed by atoms with Crippen LogP contribution >= 0.6 is 11.6 Å². The molecule has 10 heteroatoms. The molecule has 3 aromatic rings. The lowest BCUT2D eigenvalue weighted by molar-refractivity contribution is -0.137. The van der Waals surface area contributed by atoms with Gasteiger partial charge >= 0.3 is 5.97 Å². The van der Waals surface area contributed by atoms with Crippen molar-refractivity contribution in [2.75, 3.05) is 10.9 Å². The number of aliphatic carboxylic acids is 1. The number of sulfonamides is 1. The molecule has 0 spiro atoms. The molecule has 0 saturated carbocycles. The van der Waals surface area contributed by atoms with E-state index in [0.717, 1.165) is 16.7 Å². The van der Waals surface area contributed by atoms with Crippen LogP contribution in [-0.4, -0.2) is 32.1 Å². The Morgan fingerprint density at radius 1 is 1.11 bits per heavy atom. The topological polar surface area (TPSA) is 120 Å². The van der Waals surface area contributed by atoms with Gasteiger partial charge in [0, 0.05) is 24.9 Å².